The number of non-ortho nitro benzene ring substituents is 1. The zero-order valence-corrected chi connectivity index (χ0v) is 25.3. The Balaban J connectivity index is 1.55. The summed E-state index contributed by atoms with van der Waals surface area (Å²) in [5.74, 6) is -0.559. The van der Waals surface area contributed by atoms with Gasteiger partial charge in [0.1, 0.15) is 5.75 Å². The van der Waals surface area contributed by atoms with Crippen LogP contribution in [0.2, 0.25) is 0 Å². The van der Waals surface area contributed by atoms with Crippen LogP contribution in [0.15, 0.2) is 71.6 Å². The number of thioether (sulfide) groups is 1. The molecule has 1 N–H and O–H groups in total. The van der Waals surface area contributed by atoms with E-state index in [9.17, 15) is 24.5 Å². The van der Waals surface area contributed by atoms with Gasteiger partial charge in [0.05, 0.1) is 16.4 Å². The first kappa shape index (κ1) is 30.1. The summed E-state index contributed by atoms with van der Waals surface area (Å²) in [4.78, 5) is 52.6. The van der Waals surface area contributed by atoms with Crippen LogP contribution in [0.3, 0.4) is 0 Å². The van der Waals surface area contributed by atoms with E-state index in [-0.39, 0.29) is 34.7 Å². The Morgan fingerprint density at radius 1 is 1.10 bits per heavy atom. The highest BCUT2D eigenvalue weighted by Gasteiger charge is 2.35. The number of benzene rings is 3. The number of nitro groups is 1. The van der Waals surface area contributed by atoms with Gasteiger partial charge in [0.2, 0.25) is 0 Å². The van der Waals surface area contributed by atoms with E-state index in [1.807, 2.05) is 44.2 Å². The lowest BCUT2D eigenvalue weighted by molar-refractivity contribution is -0.384. The highest BCUT2D eigenvalue weighted by molar-refractivity contribution is 14.1. The molecule has 1 saturated heterocycles. The van der Waals surface area contributed by atoms with Crippen molar-refractivity contribution in [2.24, 2.45) is 0 Å². The van der Waals surface area contributed by atoms with Gasteiger partial charge in [-0.3, -0.25) is 29.4 Å². The first-order valence-electron chi connectivity index (χ1n) is 12.7. The molecule has 1 heterocycles. The third-order valence-electron chi connectivity index (χ3n) is 6.24. The number of halogens is 1. The van der Waals surface area contributed by atoms with Crippen LogP contribution in [0, 0.1) is 13.7 Å². The molecule has 0 radical (unpaired) electrons. The maximum atomic E-state index is 13.2. The van der Waals surface area contributed by atoms with E-state index in [0.29, 0.717) is 11.3 Å². The van der Waals surface area contributed by atoms with Gasteiger partial charge in [0, 0.05) is 51.8 Å². The number of ether oxygens (including phenoxy) is 1. The van der Waals surface area contributed by atoms with Crippen LogP contribution in [-0.4, -0.2) is 46.6 Å². The molecule has 0 aromatic heterocycles. The maximum absolute atomic E-state index is 13.2. The van der Waals surface area contributed by atoms with Crippen LogP contribution < -0.4 is 15.0 Å². The minimum absolute atomic E-state index is 0.145. The summed E-state index contributed by atoms with van der Waals surface area (Å²) < 4.78 is 6.95. The smallest absolute Gasteiger partial charge is 0.293 e. The fourth-order valence-electron chi connectivity index (χ4n) is 4.14. The molecule has 0 unspecified atom stereocenters. The van der Waals surface area contributed by atoms with Gasteiger partial charge in [-0.05, 0) is 90.2 Å². The van der Waals surface area contributed by atoms with Gasteiger partial charge in [-0.1, -0.05) is 18.2 Å². The summed E-state index contributed by atoms with van der Waals surface area (Å²) >= 11 is 3.05. The Labute approximate surface area is 255 Å². The highest BCUT2D eigenvalue weighted by atomic mass is 127. The van der Waals surface area contributed by atoms with E-state index in [4.69, 9.17) is 4.74 Å². The molecular formula is C29H27IN4O6S. The average molecular weight is 687 g/mol. The third kappa shape index (κ3) is 7.64. The third-order valence-corrected chi connectivity index (χ3v) is 7.87. The summed E-state index contributed by atoms with van der Waals surface area (Å²) in [5.41, 5.74) is 2.37. The Morgan fingerprint density at radius 2 is 1.83 bits per heavy atom. The van der Waals surface area contributed by atoms with Gasteiger partial charge in [0.25, 0.3) is 22.7 Å². The van der Waals surface area contributed by atoms with Crippen LogP contribution >= 0.6 is 34.4 Å². The van der Waals surface area contributed by atoms with E-state index in [1.165, 1.54) is 23.1 Å². The van der Waals surface area contributed by atoms with Gasteiger partial charge >= 0.3 is 0 Å². The number of nitrogens with one attached hydrogen (secondary N) is 1. The first-order chi connectivity index (χ1) is 19.7. The zero-order valence-electron chi connectivity index (χ0n) is 22.3. The molecule has 1 fully saturated rings. The molecule has 12 heteroatoms. The number of nitro benzene ring substituents is 1. The van der Waals surface area contributed by atoms with Crippen LogP contribution in [0.1, 0.15) is 25.0 Å². The summed E-state index contributed by atoms with van der Waals surface area (Å²) in [6.07, 6.45) is 1.60. The largest absolute Gasteiger partial charge is 0.483 e. The minimum atomic E-state index is -0.542. The van der Waals surface area contributed by atoms with Gasteiger partial charge in [-0.15, -0.1) is 0 Å². The Kier molecular flexibility index (Phi) is 10.00. The van der Waals surface area contributed by atoms with Crippen molar-refractivity contribution < 1.29 is 24.0 Å². The van der Waals surface area contributed by atoms with E-state index in [0.717, 1.165) is 39.7 Å². The summed E-state index contributed by atoms with van der Waals surface area (Å²) in [7, 11) is 0. The number of carbonyl (C=O) groups excluding carboxylic acids is 3. The summed E-state index contributed by atoms with van der Waals surface area (Å²) in [6, 6.07) is 18.7. The molecule has 0 bridgehead atoms. The van der Waals surface area contributed by atoms with Crippen LogP contribution in [0.25, 0.3) is 6.08 Å². The molecule has 3 aromatic carbocycles. The molecule has 10 nitrogen and oxygen atoms in total. The Hall–Kier alpha value is -3.91. The fourth-order valence-corrected chi connectivity index (χ4v) is 5.33. The zero-order chi connectivity index (χ0) is 29.5. The second-order valence-corrected chi connectivity index (χ2v) is 11.2. The molecule has 0 saturated carbocycles. The molecule has 0 aliphatic carbocycles. The molecule has 3 amide bonds. The number of imide groups is 1. The fraction of sp³-hybridized carbons (Fsp3) is 0.207. The van der Waals surface area contributed by atoms with Crippen LogP contribution in [0.5, 0.6) is 5.75 Å². The average Bonchev–Trinajstić information content (AvgIpc) is 3.22. The predicted octanol–water partition coefficient (Wildman–Crippen LogP) is 6.30. The van der Waals surface area contributed by atoms with E-state index < -0.39 is 16.7 Å². The van der Waals surface area contributed by atoms with Crippen molar-refractivity contribution in [2.75, 3.05) is 29.9 Å². The summed E-state index contributed by atoms with van der Waals surface area (Å²) in [6.45, 7) is 5.34. The van der Waals surface area contributed by atoms with Crippen molar-refractivity contribution in [3.8, 4) is 5.75 Å². The number of nitrogens with zero attached hydrogens (tertiary/aromatic N) is 3. The second kappa shape index (κ2) is 13.6. The van der Waals surface area contributed by atoms with Gasteiger partial charge in [-0.2, -0.15) is 0 Å². The standard InChI is InChI=1S/C29H27IN4O6S/c1-3-32(4-2)23-13-10-20(14-26-28(36)33(29(37)41-26)17-19-8-11-21(30)12-9-19)25(16-23)40-18-27(35)31-22-6-5-7-24(15-22)34(38)39/h5-16H,3-4,17-18H2,1-2H3,(H,31,35)/b26-14-. The first-order valence-corrected chi connectivity index (χ1v) is 14.6. The van der Waals surface area contributed by atoms with Crippen molar-refractivity contribution in [1.82, 2.24) is 4.90 Å². The van der Waals surface area contributed by atoms with E-state index in [1.54, 1.807) is 24.3 Å². The lowest BCUT2D eigenvalue weighted by Crippen LogP contribution is -2.27. The number of anilines is 2. The van der Waals surface area contributed by atoms with Crippen molar-refractivity contribution in [3.63, 3.8) is 0 Å². The molecule has 0 atom stereocenters. The molecule has 1 aliphatic rings. The Bertz CT molecular complexity index is 1510. The monoisotopic (exact) mass is 686 g/mol. The minimum Gasteiger partial charge on any atom is -0.483 e. The van der Waals surface area contributed by atoms with E-state index in [2.05, 4.69) is 32.8 Å². The molecule has 212 valence electrons. The summed E-state index contributed by atoms with van der Waals surface area (Å²) in [5, 5.41) is 13.3. The molecule has 1 aliphatic heterocycles. The second-order valence-electron chi connectivity index (χ2n) is 8.93. The number of rotatable bonds is 11. The lowest BCUT2D eigenvalue weighted by Gasteiger charge is -2.22. The molecule has 4 rings (SSSR count). The molecular weight excluding hydrogens is 659 g/mol. The predicted molar refractivity (Wildman–Crippen MR) is 168 cm³/mol. The van der Waals surface area contributed by atoms with Crippen molar-refractivity contribution in [1.29, 1.82) is 0 Å². The van der Waals surface area contributed by atoms with Crippen molar-refractivity contribution in [2.45, 2.75) is 20.4 Å². The van der Waals surface area contributed by atoms with Crippen LogP contribution in [0.4, 0.5) is 21.9 Å². The lowest BCUT2D eigenvalue weighted by atomic mass is 10.1. The molecule has 3 aromatic rings. The SMILES string of the molecule is CCN(CC)c1ccc(/C=C2\SC(=O)N(Cc3ccc(I)cc3)C2=O)c(OCC(=O)Nc2cccc([N+](=O)[O-])c2)c1. The van der Waals surface area contributed by atoms with Gasteiger partial charge in [-0.25, -0.2) is 0 Å². The normalized spacial score (nSPS) is 13.9. The van der Waals surface area contributed by atoms with E-state index >= 15 is 0 Å². The highest BCUT2D eigenvalue weighted by Crippen LogP contribution is 2.36. The number of carbonyl (C=O) groups is 3. The van der Waals surface area contributed by atoms with Gasteiger partial charge < -0.3 is 15.0 Å². The molecule has 0 spiro atoms. The topological polar surface area (TPSA) is 122 Å². The van der Waals surface area contributed by atoms with Crippen molar-refractivity contribution in [3.05, 3.63) is 96.4 Å². The number of hydrogen-bond acceptors (Lipinski definition) is 8. The number of hydrogen-bond donors (Lipinski definition) is 1. The van der Waals surface area contributed by atoms with Gasteiger partial charge in [0.15, 0.2) is 6.61 Å². The van der Waals surface area contributed by atoms with Crippen LogP contribution in [-0.2, 0) is 16.1 Å². The number of amides is 3. The maximum Gasteiger partial charge on any atom is 0.293 e. The van der Waals surface area contributed by atoms with Crippen molar-refractivity contribution >= 4 is 74.5 Å². The quantitative estimate of drug-likeness (QED) is 0.108. The molecule has 41 heavy (non-hydrogen) atoms. The Morgan fingerprint density at radius 3 is 2.51 bits per heavy atom.